The molecule has 9 nitrogen and oxygen atoms in total. The molecule has 2 aromatic rings. The van der Waals surface area contributed by atoms with Crippen LogP contribution in [-0.2, 0) is 15.6 Å². The van der Waals surface area contributed by atoms with Crippen LogP contribution in [0.15, 0.2) is 12.1 Å². The van der Waals surface area contributed by atoms with Gasteiger partial charge in [-0.05, 0) is 13.0 Å². The Morgan fingerprint density at radius 3 is 2.50 bits per heavy atom. The van der Waals surface area contributed by atoms with E-state index in [1.165, 1.54) is 18.9 Å². The van der Waals surface area contributed by atoms with Gasteiger partial charge < -0.3 is 15.0 Å². The van der Waals surface area contributed by atoms with Crippen LogP contribution < -0.4 is 15.0 Å². The van der Waals surface area contributed by atoms with E-state index in [9.17, 15) is 26.0 Å². The van der Waals surface area contributed by atoms with Crippen molar-refractivity contribution in [1.82, 2.24) is 19.6 Å². The largest absolute Gasteiger partial charge is 0.479 e. The summed E-state index contributed by atoms with van der Waals surface area (Å²) in [5, 5.41) is 9.28. The standard InChI is InChI=1S/C18H18F4N6O3S/c1-8-14(22)15(31-3)25-17(24-8)28-6-13-18(7-28,26-16(23)27(2)32(13,29)30)9-4-11(20)12(21)5-10(9)19/h4-5,13H,6-7H2,1-3H3,(H2,23,26)/t13?,18-/m1/s1. The van der Waals surface area contributed by atoms with Crippen molar-refractivity contribution in [3.8, 4) is 5.88 Å². The van der Waals surface area contributed by atoms with Crippen molar-refractivity contribution < 1.29 is 30.7 Å². The van der Waals surface area contributed by atoms with Crippen LogP contribution in [0.1, 0.15) is 11.3 Å². The lowest BCUT2D eigenvalue weighted by Crippen LogP contribution is -2.67. The van der Waals surface area contributed by atoms with Gasteiger partial charge in [0.25, 0.3) is 5.88 Å². The van der Waals surface area contributed by atoms with Crippen LogP contribution in [-0.4, -0.2) is 61.1 Å². The van der Waals surface area contributed by atoms with Gasteiger partial charge in [-0.3, -0.25) is 5.41 Å². The van der Waals surface area contributed by atoms with Gasteiger partial charge in [-0.2, -0.15) is 9.37 Å². The summed E-state index contributed by atoms with van der Waals surface area (Å²) < 4.78 is 88.5. The smallest absolute Gasteiger partial charge is 0.255 e. The van der Waals surface area contributed by atoms with Crippen LogP contribution in [0.25, 0.3) is 0 Å². The van der Waals surface area contributed by atoms with Gasteiger partial charge >= 0.3 is 0 Å². The lowest BCUT2D eigenvalue weighted by molar-refractivity contribution is 0.359. The molecule has 0 bridgehead atoms. The highest BCUT2D eigenvalue weighted by atomic mass is 32.2. The molecular formula is C18H18F4N6O3S. The number of fused-ring (bicyclic) bond motifs is 1. The summed E-state index contributed by atoms with van der Waals surface area (Å²) in [7, 11) is -1.92. The Morgan fingerprint density at radius 1 is 1.19 bits per heavy atom. The highest BCUT2D eigenvalue weighted by Crippen LogP contribution is 2.43. The maximum Gasteiger partial charge on any atom is 0.255 e. The molecule has 1 aromatic carbocycles. The zero-order chi connectivity index (χ0) is 23.6. The van der Waals surface area contributed by atoms with E-state index in [4.69, 9.17) is 10.1 Å². The molecule has 2 aliphatic heterocycles. The summed E-state index contributed by atoms with van der Waals surface area (Å²) in [5.41, 5.74) is -2.42. The number of methoxy groups -OCH3 is 1. The lowest BCUT2D eigenvalue weighted by atomic mass is 9.87. The molecule has 0 amide bonds. The number of nitrogens with one attached hydrogen (secondary N) is 2. The molecule has 2 aliphatic rings. The molecule has 4 rings (SSSR count). The molecule has 0 saturated carbocycles. The van der Waals surface area contributed by atoms with E-state index in [0.717, 1.165) is 7.05 Å². The number of hydrogen-bond donors (Lipinski definition) is 2. The molecule has 1 unspecified atom stereocenters. The summed E-state index contributed by atoms with van der Waals surface area (Å²) in [6, 6.07) is 0.885. The Kier molecular flexibility index (Phi) is 4.95. The number of benzene rings is 1. The number of rotatable bonds is 3. The minimum absolute atomic E-state index is 0.0737. The van der Waals surface area contributed by atoms with E-state index in [0.29, 0.717) is 16.4 Å². The lowest BCUT2D eigenvalue weighted by Gasteiger charge is -2.43. The van der Waals surface area contributed by atoms with E-state index in [1.54, 1.807) is 0 Å². The minimum atomic E-state index is -4.25. The summed E-state index contributed by atoms with van der Waals surface area (Å²) in [6.45, 7) is 0.707. The first kappa shape index (κ1) is 22.0. The maximum atomic E-state index is 14.8. The third kappa shape index (κ3) is 3.04. The predicted molar refractivity (Wildman–Crippen MR) is 105 cm³/mol. The summed E-state index contributed by atoms with van der Waals surface area (Å²) >= 11 is 0. The molecule has 1 aromatic heterocycles. The Labute approximate surface area is 180 Å². The van der Waals surface area contributed by atoms with Crippen molar-refractivity contribution in [2.45, 2.75) is 17.7 Å². The third-order valence-electron chi connectivity index (χ3n) is 5.72. The fourth-order valence-corrected chi connectivity index (χ4v) is 5.86. The second-order valence-electron chi connectivity index (χ2n) is 7.51. The van der Waals surface area contributed by atoms with Gasteiger partial charge in [0.15, 0.2) is 11.6 Å². The van der Waals surface area contributed by atoms with Gasteiger partial charge in [0.2, 0.25) is 27.7 Å². The van der Waals surface area contributed by atoms with Crippen molar-refractivity contribution in [2.24, 2.45) is 0 Å². The molecule has 0 aliphatic carbocycles. The highest BCUT2D eigenvalue weighted by molar-refractivity contribution is 7.90. The summed E-state index contributed by atoms with van der Waals surface area (Å²) in [5.74, 6) is -5.89. The first-order valence-corrected chi connectivity index (χ1v) is 10.7. The van der Waals surface area contributed by atoms with Gasteiger partial charge in [0, 0.05) is 31.8 Å². The SMILES string of the molecule is COc1nc(N2CC3[C@](c4cc(F)c(F)cc4F)(C2)NC(=N)N(C)S3(=O)=O)nc(C)c1F. The van der Waals surface area contributed by atoms with Crippen LogP contribution in [0.5, 0.6) is 5.88 Å². The summed E-state index contributed by atoms with van der Waals surface area (Å²) in [4.78, 5) is 9.31. The number of halogens is 4. The van der Waals surface area contributed by atoms with Crippen LogP contribution in [0.4, 0.5) is 23.5 Å². The Hall–Kier alpha value is -3.16. The minimum Gasteiger partial charge on any atom is -0.479 e. The fraction of sp³-hybridized carbons (Fsp3) is 0.389. The van der Waals surface area contributed by atoms with E-state index < -0.39 is 55.6 Å². The van der Waals surface area contributed by atoms with Crippen molar-refractivity contribution in [3.63, 3.8) is 0 Å². The van der Waals surface area contributed by atoms with Crippen LogP contribution in [0.3, 0.4) is 0 Å². The number of sulfonamides is 1. The van der Waals surface area contributed by atoms with Gasteiger partial charge in [0.1, 0.15) is 16.6 Å². The molecule has 172 valence electrons. The molecule has 32 heavy (non-hydrogen) atoms. The monoisotopic (exact) mass is 474 g/mol. The van der Waals surface area contributed by atoms with Crippen molar-refractivity contribution in [1.29, 1.82) is 5.41 Å². The summed E-state index contributed by atoms with van der Waals surface area (Å²) in [6.07, 6.45) is 0. The fourth-order valence-electron chi connectivity index (χ4n) is 4.04. The van der Waals surface area contributed by atoms with E-state index in [-0.39, 0.29) is 30.6 Å². The number of nitrogens with zero attached hydrogens (tertiary/aromatic N) is 4. The zero-order valence-electron chi connectivity index (χ0n) is 17.1. The average molecular weight is 474 g/mol. The molecular weight excluding hydrogens is 456 g/mol. The Balaban J connectivity index is 1.92. The predicted octanol–water partition coefficient (Wildman–Crippen LogP) is 1.23. The molecule has 2 atom stereocenters. The van der Waals surface area contributed by atoms with Crippen LogP contribution >= 0.6 is 0 Å². The first-order chi connectivity index (χ1) is 14.9. The molecule has 2 saturated heterocycles. The quantitative estimate of drug-likeness (QED) is 0.509. The van der Waals surface area contributed by atoms with Gasteiger partial charge in [-0.1, -0.05) is 0 Å². The topological polar surface area (TPSA) is 112 Å². The third-order valence-corrected chi connectivity index (χ3v) is 7.93. The number of guanidine groups is 1. The second kappa shape index (κ2) is 7.18. The van der Waals surface area contributed by atoms with Crippen molar-refractivity contribution >= 4 is 21.9 Å². The first-order valence-electron chi connectivity index (χ1n) is 9.25. The van der Waals surface area contributed by atoms with Crippen molar-refractivity contribution in [2.75, 3.05) is 32.1 Å². The number of anilines is 1. The van der Waals surface area contributed by atoms with E-state index in [1.807, 2.05) is 0 Å². The maximum absolute atomic E-state index is 14.8. The van der Waals surface area contributed by atoms with Crippen molar-refractivity contribution in [3.05, 3.63) is 46.7 Å². The normalized spacial score (nSPS) is 24.3. The Morgan fingerprint density at radius 2 is 1.84 bits per heavy atom. The molecule has 2 N–H and O–H groups in total. The molecule has 3 heterocycles. The Bertz CT molecular complexity index is 1240. The van der Waals surface area contributed by atoms with Gasteiger partial charge in [-0.15, -0.1) is 0 Å². The zero-order valence-corrected chi connectivity index (χ0v) is 17.9. The highest BCUT2D eigenvalue weighted by Gasteiger charge is 2.61. The molecule has 0 radical (unpaired) electrons. The second-order valence-corrected chi connectivity index (χ2v) is 9.65. The number of ether oxygens (including phenoxy) is 1. The van der Waals surface area contributed by atoms with E-state index in [2.05, 4.69) is 15.3 Å². The number of hydrogen-bond acceptors (Lipinski definition) is 7. The van der Waals surface area contributed by atoms with E-state index >= 15 is 0 Å². The molecule has 0 spiro atoms. The average Bonchev–Trinajstić information content (AvgIpc) is 3.12. The van der Waals surface area contributed by atoms with Crippen LogP contribution in [0, 0.1) is 35.6 Å². The van der Waals surface area contributed by atoms with Gasteiger partial charge in [-0.25, -0.2) is 30.9 Å². The number of aromatic nitrogens is 2. The molecule has 14 heteroatoms. The van der Waals surface area contributed by atoms with Crippen LogP contribution in [0.2, 0.25) is 0 Å². The molecule has 2 fully saturated rings. The van der Waals surface area contributed by atoms with Gasteiger partial charge in [0.05, 0.1) is 12.8 Å². The number of aryl methyl sites for hydroxylation is 1.